The van der Waals surface area contributed by atoms with Gasteiger partial charge < -0.3 is 15.5 Å². The summed E-state index contributed by atoms with van der Waals surface area (Å²) in [6.07, 6.45) is 0.891. The Balaban J connectivity index is 0.00000171. The number of pyridine rings is 1. The highest BCUT2D eigenvalue weighted by atomic mass is 35.5. The van der Waals surface area contributed by atoms with Crippen molar-refractivity contribution in [2.24, 2.45) is 0 Å². The predicted molar refractivity (Wildman–Crippen MR) is 135 cm³/mol. The summed E-state index contributed by atoms with van der Waals surface area (Å²) in [6, 6.07) is 15.2. The van der Waals surface area contributed by atoms with E-state index in [1.807, 2.05) is 42.5 Å². The van der Waals surface area contributed by atoms with E-state index in [4.69, 9.17) is 28.2 Å². The summed E-state index contributed by atoms with van der Waals surface area (Å²) in [5, 5.41) is 8.32. The van der Waals surface area contributed by atoms with Gasteiger partial charge in [-0.15, -0.1) is 24.8 Å². The number of benzene rings is 2. The van der Waals surface area contributed by atoms with Crippen molar-refractivity contribution in [2.45, 2.75) is 12.8 Å². The molecule has 0 saturated carbocycles. The van der Waals surface area contributed by atoms with Crippen LogP contribution < -0.4 is 15.5 Å². The van der Waals surface area contributed by atoms with Gasteiger partial charge in [0.05, 0.1) is 16.2 Å². The van der Waals surface area contributed by atoms with E-state index in [1.54, 1.807) is 6.07 Å². The number of anilines is 2. The Labute approximate surface area is 204 Å². The van der Waals surface area contributed by atoms with Gasteiger partial charge >= 0.3 is 0 Å². The predicted octanol–water partition coefficient (Wildman–Crippen LogP) is 5.37. The summed E-state index contributed by atoms with van der Waals surface area (Å²) in [5.41, 5.74) is 2.37. The lowest BCUT2D eigenvalue weighted by Gasteiger charge is -2.28. The molecule has 1 amide bonds. The molecule has 0 spiro atoms. The van der Waals surface area contributed by atoms with E-state index in [1.165, 1.54) is 0 Å². The number of carbonyl (C=O) groups is 1. The fourth-order valence-electron chi connectivity index (χ4n) is 3.52. The summed E-state index contributed by atoms with van der Waals surface area (Å²) >= 11 is 12.6. The molecule has 166 valence electrons. The molecule has 31 heavy (non-hydrogen) atoms. The lowest BCUT2D eigenvalue weighted by molar-refractivity contribution is -0.116. The molecule has 9 heteroatoms. The van der Waals surface area contributed by atoms with Crippen molar-refractivity contribution in [3.05, 3.63) is 64.1 Å². The van der Waals surface area contributed by atoms with Gasteiger partial charge in [-0.05, 0) is 42.3 Å². The minimum Gasteiger partial charge on any atom is -0.354 e. The van der Waals surface area contributed by atoms with Gasteiger partial charge in [0.15, 0.2) is 0 Å². The van der Waals surface area contributed by atoms with Gasteiger partial charge in [0.2, 0.25) is 5.91 Å². The minimum absolute atomic E-state index is 0. The van der Waals surface area contributed by atoms with Crippen molar-refractivity contribution in [2.75, 3.05) is 36.4 Å². The number of hydrogen-bond donors (Lipinski definition) is 2. The van der Waals surface area contributed by atoms with E-state index in [9.17, 15) is 4.79 Å². The van der Waals surface area contributed by atoms with Crippen LogP contribution >= 0.6 is 48.0 Å². The van der Waals surface area contributed by atoms with Crippen LogP contribution in [-0.2, 0) is 11.2 Å². The van der Waals surface area contributed by atoms with Crippen LogP contribution in [-0.4, -0.2) is 37.1 Å². The van der Waals surface area contributed by atoms with Gasteiger partial charge in [-0.2, -0.15) is 0 Å². The molecule has 5 nitrogen and oxygen atoms in total. The van der Waals surface area contributed by atoms with Gasteiger partial charge in [-0.3, -0.25) is 4.79 Å². The normalized spacial score (nSPS) is 13.3. The summed E-state index contributed by atoms with van der Waals surface area (Å²) in [7, 11) is 0. The van der Waals surface area contributed by atoms with Gasteiger partial charge in [-0.1, -0.05) is 41.4 Å². The summed E-state index contributed by atoms with van der Waals surface area (Å²) in [4.78, 5) is 19.6. The standard InChI is InChI=1S/C22H22Cl2N4O.2ClH/c23-17-4-2-1-3-15(17)5-10-21(29)27-22-16-6-9-20(28-13-11-25-12-14-28)26-19(16)8-7-18(22)24;;/h1-4,6-9,25H,5,10-14H2,(H,27,29);2*1H. The average molecular weight is 502 g/mol. The van der Waals surface area contributed by atoms with Crippen molar-refractivity contribution in [3.8, 4) is 0 Å². The van der Waals surface area contributed by atoms with Gasteiger partial charge in [0, 0.05) is 43.0 Å². The van der Waals surface area contributed by atoms with E-state index >= 15 is 0 Å². The second-order valence-corrected chi connectivity index (χ2v) is 7.85. The fraction of sp³-hybridized carbons (Fsp3) is 0.273. The number of nitrogens with zero attached hydrogens (tertiary/aromatic N) is 2. The van der Waals surface area contributed by atoms with Crippen LogP contribution in [0.2, 0.25) is 10.0 Å². The fourth-order valence-corrected chi connectivity index (χ4v) is 3.96. The highest BCUT2D eigenvalue weighted by Crippen LogP contribution is 2.32. The summed E-state index contributed by atoms with van der Waals surface area (Å²) in [6.45, 7) is 3.76. The summed E-state index contributed by atoms with van der Waals surface area (Å²) in [5.74, 6) is 0.836. The molecule has 2 aromatic carbocycles. The molecule has 4 rings (SSSR count). The number of halogens is 4. The number of aryl methyl sites for hydroxylation is 1. The van der Waals surface area contributed by atoms with Crippen LogP contribution in [0.5, 0.6) is 0 Å². The van der Waals surface area contributed by atoms with E-state index in [0.717, 1.165) is 48.5 Å². The van der Waals surface area contributed by atoms with E-state index in [0.29, 0.717) is 28.6 Å². The zero-order chi connectivity index (χ0) is 20.2. The third-order valence-corrected chi connectivity index (χ3v) is 5.77. The maximum atomic E-state index is 12.6. The smallest absolute Gasteiger partial charge is 0.224 e. The molecule has 0 unspecified atom stereocenters. The Morgan fingerprint density at radius 2 is 1.74 bits per heavy atom. The SMILES string of the molecule is Cl.Cl.O=C(CCc1ccccc1Cl)Nc1c(Cl)ccc2nc(N3CCNCC3)ccc12. The van der Waals surface area contributed by atoms with Crippen LogP contribution in [0.1, 0.15) is 12.0 Å². The molecule has 2 heterocycles. The molecule has 0 aliphatic carbocycles. The first-order valence-corrected chi connectivity index (χ1v) is 10.5. The first-order chi connectivity index (χ1) is 14.1. The summed E-state index contributed by atoms with van der Waals surface area (Å²) < 4.78 is 0. The monoisotopic (exact) mass is 500 g/mol. The van der Waals surface area contributed by atoms with E-state index in [2.05, 4.69) is 15.5 Å². The Morgan fingerprint density at radius 3 is 2.48 bits per heavy atom. The molecule has 1 saturated heterocycles. The molecular formula is C22H24Cl4N4O. The van der Waals surface area contributed by atoms with Crippen molar-refractivity contribution in [3.63, 3.8) is 0 Å². The van der Waals surface area contributed by atoms with Crippen LogP contribution in [0.4, 0.5) is 11.5 Å². The van der Waals surface area contributed by atoms with Crippen LogP contribution in [0.15, 0.2) is 48.5 Å². The van der Waals surface area contributed by atoms with Crippen molar-refractivity contribution >= 4 is 76.3 Å². The highest BCUT2D eigenvalue weighted by Gasteiger charge is 2.15. The van der Waals surface area contributed by atoms with Crippen LogP contribution in [0, 0.1) is 0 Å². The van der Waals surface area contributed by atoms with Crippen LogP contribution in [0.25, 0.3) is 10.9 Å². The molecule has 1 aliphatic heterocycles. The molecule has 1 aliphatic rings. The molecule has 0 atom stereocenters. The second-order valence-electron chi connectivity index (χ2n) is 7.04. The second kappa shape index (κ2) is 11.7. The van der Waals surface area contributed by atoms with E-state index < -0.39 is 0 Å². The average Bonchev–Trinajstić information content (AvgIpc) is 2.75. The van der Waals surface area contributed by atoms with Gasteiger partial charge in [-0.25, -0.2) is 4.98 Å². The topological polar surface area (TPSA) is 57.3 Å². The molecule has 1 aromatic heterocycles. The largest absolute Gasteiger partial charge is 0.354 e. The lowest BCUT2D eigenvalue weighted by Crippen LogP contribution is -2.43. The number of hydrogen-bond acceptors (Lipinski definition) is 4. The van der Waals surface area contributed by atoms with E-state index in [-0.39, 0.29) is 30.7 Å². The molecule has 0 bridgehead atoms. The Kier molecular flexibility index (Phi) is 9.66. The third-order valence-electron chi connectivity index (χ3n) is 5.09. The highest BCUT2D eigenvalue weighted by molar-refractivity contribution is 6.35. The van der Waals surface area contributed by atoms with Crippen molar-refractivity contribution in [1.29, 1.82) is 0 Å². The van der Waals surface area contributed by atoms with Gasteiger partial charge in [0.1, 0.15) is 5.82 Å². The quantitative estimate of drug-likeness (QED) is 0.493. The number of nitrogens with one attached hydrogen (secondary N) is 2. The molecule has 0 radical (unpaired) electrons. The minimum atomic E-state index is -0.106. The number of aromatic nitrogens is 1. The molecular weight excluding hydrogens is 478 g/mol. The maximum Gasteiger partial charge on any atom is 0.224 e. The number of carbonyl (C=O) groups excluding carboxylic acids is 1. The Bertz CT molecular complexity index is 1040. The Morgan fingerprint density at radius 1 is 1.00 bits per heavy atom. The molecule has 3 aromatic rings. The van der Waals surface area contributed by atoms with Crippen LogP contribution in [0.3, 0.4) is 0 Å². The number of piperazine rings is 1. The number of fused-ring (bicyclic) bond motifs is 1. The van der Waals surface area contributed by atoms with Crippen molar-refractivity contribution in [1.82, 2.24) is 10.3 Å². The zero-order valence-corrected chi connectivity index (χ0v) is 19.9. The number of rotatable bonds is 5. The first kappa shape index (κ1) is 25.5. The molecule has 1 fully saturated rings. The zero-order valence-electron chi connectivity index (χ0n) is 16.7. The maximum absolute atomic E-state index is 12.6. The Hall–Kier alpha value is -1.76. The third kappa shape index (κ3) is 6.15. The number of amides is 1. The molecule has 2 N–H and O–H groups in total. The first-order valence-electron chi connectivity index (χ1n) is 9.70. The van der Waals surface area contributed by atoms with Gasteiger partial charge in [0.25, 0.3) is 0 Å². The lowest BCUT2D eigenvalue weighted by atomic mass is 10.1. The van der Waals surface area contributed by atoms with Crippen molar-refractivity contribution < 1.29 is 4.79 Å².